The van der Waals surface area contributed by atoms with E-state index in [-0.39, 0.29) is 22.4 Å². The lowest BCUT2D eigenvalue weighted by atomic mass is 10.2. The first-order valence-corrected chi connectivity index (χ1v) is 9.29. The zero-order valence-corrected chi connectivity index (χ0v) is 15.6. The minimum absolute atomic E-state index is 0.00294. The molecular weight excluding hydrogens is 413 g/mol. The van der Waals surface area contributed by atoms with Gasteiger partial charge in [-0.1, -0.05) is 41.6 Å². The SMILES string of the molecule is CCC(=O)Nc1nnc(SCC(=O)Nc2cc(C(F)(F)F)ccc2Cl)s1. The molecule has 2 N–H and O–H groups in total. The highest BCUT2D eigenvalue weighted by Crippen LogP contribution is 2.34. The summed E-state index contributed by atoms with van der Waals surface area (Å²) in [5.74, 6) is -0.872. The van der Waals surface area contributed by atoms with Crippen molar-refractivity contribution in [2.75, 3.05) is 16.4 Å². The van der Waals surface area contributed by atoms with E-state index in [1.165, 1.54) is 0 Å². The van der Waals surface area contributed by atoms with Crippen molar-refractivity contribution in [3.63, 3.8) is 0 Å². The summed E-state index contributed by atoms with van der Waals surface area (Å²) in [5.41, 5.74) is -1.04. The number of thioether (sulfide) groups is 1. The summed E-state index contributed by atoms with van der Waals surface area (Å²) in [5, 5.41) is 12.7. The molecule has 0 radical (unpaired) electrons. The molecule has 0 fully saturated rings. The fourth-order valence-electron chi connectivity index (χ4n) is 1.64. The monoisotopic (exact) mass is 424 g/mol. The molecule has 0 aliphatic rings. The number of amides is 2. The first kappa shape index (κ1) is 20.5. The molecule has 0 spiro atoms. The second kappa shape index (κ2) is 8.69. The van der Waals surface area contributed by atoms with Crippen LogP contribution in [0.1, 0.15) is 18.9 Å². The Bertz CT molecular complexity index is 814. The molecule has 140 valence electrons. The van der Waals surface area contributed by atoms with Crippen molar-refractivity contribution in [1.82, 2.24) is 10.2 Å². The Morgan fingerprint density at radius 1 is 1.23 bits per heavy atom. The van der Waals surface area contributed by atoms with Crippen LogP contribution < -0.4 is 10.6 Å². The Morgan fingerprint density at radius 2 is 1.96 bits per heavy atom. The largest absolute Gasteiger partial charge is 0.416 e. The number of halogens is 4. The molecule has 0 aliphatic heterocycles. The van der Waals surface area contributed by atoms with Crippen LogP contribution in [0.15, 0.2) is 22.5 Å². The first-order chi connectivity index (χ1) is 12.2. The first-order valence-electron chi connectivity index (χ1n) is 7.11. The van der Waals surface area contributed by atoms with Crippen molar-refractivity contribution in [3.05, 3.63) is 28.8 Å². The molecule has 6 nitrogen and oxygen atoms in total. The maximum absolute atomic E-state index is 12.7. The van der Waals surface area contributed by atoms with E-state index in [0.29, 0.717) is 15.9 Å². The van der Waals surface area contributed by atoms with E-state index in [1.54, 1.807) is 6.92 Å². The zero-order chi connectivity index (χ0) is 19.3. The highest BCUT2D eigenvalue weighted by molar-refractivity contribution is 8.01. The second-order valence-corrected chi connectivity index (χ2v) is 7.41. The van der Waals surface area contributed by atoms with Gasteiger partial charge in [0.25, 0.3) is 0 Å². The van der Waals surface area contributed by atoms with Gasteiger partial charge >= 0.3 is 6.18 Å². The van der Waals surface area contributed by atoms with Gasteiger partial charge in [-0.25, -0.2) is 0 Å². The summed E-state index contributed by atoms with van der Waals surface area (Å²) in [6.45, 7) is 1.69. The lowest BCUT2D eigenvalue weighted by Gasteiger charge is -2.11. The molecular formula is C14H12ClF3N4O2S2. The van der Waals surface area contributed by atoms with Crippen molar-refractivity contribution >= 4 is 57.3 Å². The lowest BCUT2D eigenvalue weighted by Crippen LogP contribution is -2.15. The molecule has 1 aromatic carbocycles. The van der Waals surface area contributed by atoms with Crippen LogP contribution in [-0.4, -0.2) is 27.8 Å². The van der Waals surface area contributed by atoms with Gasteiger partial charge in [0, 0.05) is 6.42 Å². The third kappa shape index (κ3) is 5.85. The molecule has 0 bridgehead atoms. The normalized spacial score (nSPS) is 11.3. The molecule has 2 amide bonds. The smallest absolute Gasteiger partial charge is 0.324 e. The van der Waals surface area contributed by atoms with Crippen molar-refractivity contribution in [3.8, 4) is 0 Å². The molecule has 0 aliphatic carbocycles. The Labute approximate surface area is 159 Å². The Morgan fingerprint density at radius 3 is 2.62 bits per heavy atom. The molecule has 2 aromatic rings. The summed E-state index contributed by atoms with van der Waals surface area (Å²) in [6, 6.07) is 2.68. The van der Waals surface area contributed by atoms with E-state index < -0.39 is 17.6 Å². The number of alkyl halides is 3. The van der Waals surface area contributed by atoms with Crippen molar-refractivity contribution < 1.29 is 22.8 Å². The lowest BCUT2D eigenvalue weighted by molar-refractivity contribution is -0.137. The number of carbonyl (C=O) groups excluding carboxylic acids is 2. The highest BCUT2D eigenvalue weighted by Gasteiger charge is 2.31. The van der Waals surface area contributed by atoms with E-state index in [2.05, 4.69) is 20.8 Å². The van der Waals surface area contributed by atoms with E-state index in [0.717, 1.165) is 41.3 Å². The number of rotatable bonds is 6. The molecule has 12 heteroatoms. The molecule has 0 unspecified atom stereocenters. The Kier molecular flexibility index (Phi) is 6.84. The van der Waals surface area contributed by atoms with Crippen LogP contribution >= 0.6 is 34.7 Å². The van der Waals surface area contributed by atoms with Gasteiger partial charge in [-0.3, -0.25) is 9.59 Å². The fraction of sp³-hybridized carbons (Fsp3) is 0.286. The van der Waals surface area contributed by atoms with Gasteiger partial charge in [-0.2, -0.15) is 13.2 Å². The van der Waals surface area contributed by atoms with Crippen LogP contribution in [0.3, 0.4) is 0 Å². The molecule has 26 heavy (non-hydrogen) atoms. The van der Waals surface area contributed by atoms with Crippen LogP contribution in [-0.2, 0) is 15.8 Å². The van der Waals surface area contributed by atoms with Crippen LogP contribution in [0.4, 0.5) is 24.0 Å². The fourth-order valence-corrected chi connectivity index (χ4v) is 3.37. The Hall–Kier alpha value is -1.85. The van der Waals surface area contributed by atoms with Gasteiger partial charge in [0.05, 0.1) is 22.0 Å². The number of benzene rings is 1. The van der Waals surface area contributed by atoms with E-state index in [1.807, 2.05) is 0 Å². The topological polar surface area (TPSA) is 84.0 Å². The summed E-state index contributed by atoms with van der Waals surface area (Å²) < 4.78 is 38.6. The zero-order valence-electron chi connectivity index (χ0n) is 13.2. The van der Waals surface area contributed by atoms with Gasteiger partial charge in [-0.05, 0) is 18.2 Å². The van der Waals surface area contributed by atoms with Gasteiger partial charge in [0.15, 0.2) is 4.34 Å². The summed E-state index contributed by atoms with van der Waals surface area (Å²) in [4.78, 5) is 23.2. The standard InChI is InChI=1S/C14H12ClF3N4O2S2/c1-2-10(23)20-12-21-22-13(26-12)25-6-11(24)19-9-5-7(14(16,17)18)3-4-8(9)15/h3-5H,2,6H2,1H3,(H,19,24)(H,20,21,23). The molecule has 0 saturated carbocycles. The van der Waals surface area contributed by atoms with Crippen molar-refractivity contribution in [2.45, 2.75) is 23.9 Å². The summed E-state index contributed by atoms with van der Waals surface area (Å²) >= 11 is 7.95. The van der Waals surface area contributed by atoms with Crippen molar-refractivity contribution in [1.29, 1.82) is 0 Å². The molecule has 2 rings (SSSR count). The molecule has 0 atom stereocenters. The molecule has 1 heterocycles. The van der Waals surface area contributed by atoms with E-state index in [9.17, 15) is 22.8 Å². The number of hydrogen-bond donors (Lipinski definition) is 2. The van der Waals surface area contributed by atoms with Gasteiger partial charge < -0.3 is 10.6 Å². The quantitative estimate of drug-likeness (QED) is 0.534. The molecule has 1 aromatic heterocycles. The van der Waals surface area contributed by atoms with Crippen molar-refractivity contribution in [2.24, 2.45) is 0 Å². The minimum atomic E-state index is -4.54. The Balaban J connectivity index is 1.94. The maximum atomic E-state index is 12.7. The number of aromatic nitrogens is 2. The number of hydrogen-bond acceptors (Lipinski definition) is 6. The average molecular weight is 425 g/mol. The highest BCUT2D eigenvalue weighted by atomic mass is 35.5. The van der Waals surface area contributed by atoms with Crippen LogP contribution in [0.2, 0.25) is 5.02 Å². The predicted octanol–water partition coefficient (Wildman–Crippen LogP) is 4.29. The molecule has 0 saturated heterocycles. The predicted molar refractivity (Wildman–Crippen MR) is 94.6 cm³/mol. The number of nitrogens with zero attached hydrogens (tertiary/aromatic N) is 2. The van der Waals surface area contributed by atoms with Crippen LogP contribution in [0.5, 0.6) is 0 Å². The van der Waals surface area contributed by atoms with Gasteiger partial charge in [0.1, 0.15) is 0 Å². The van der Waals surface area contributed by atoms with Gasteiger partial charge in [0.2, 0.25) is 16.9 Å². The maximum Gasteiger partial charge on any atom is 0.416 e. The number of anilines is 2. The number of nitrogens with one attached hydrogen (secondary N) is 2. The third-order valence-electron chi connectivity index (χ3n) is 2.87. The van der Waals surface area contributed by atoms with Crippen LogP contribution in [0.25, 0.3) is 0 Å². The third-order valence-corrected chi connectivity index (χ3v) is 5.17. The average Bonchev–Trinajstić information content (AvgIpc) is 3.01. The van der Waals surface area contributed by atoms with Crippen LogP contribution in [0, 0.1) is 0 Å². The summed E-state index contributed by atoms with van der Waals surface area (Å²) in [7, 11) is 0. The minimum Gasteiger partial charge on any atom is -0.324 e. The summed E-state index contributed by atoms with van der Waals surface area (Å²) in [6.07, 6.45) is -4.24. The van der Waals surface area contributed by atoms with Gasteiger partial charge in [-0.15, -0.1) is 10.2 Å². The van der Waals surface area contributed by atoms with E-state index in [4.69, 9.17) is 11.6 Å². The number of carbonyl (C=O) groups is 2. The second-order valence-electron chi connectivity index (χ2n) is 4.80. The van der Waals surface area contributed by atoms with E-state index >= 15 is 0 Å².